The normalized spacial score (nSPS) is 19.6. The first-order valence-electron chi connectivity index (χ1n) is 10.0. The number of carbonyl (C=O) groups excluding carboxylic acids is 1. The molecule has 1 aliphatic carbocycles. The lowest BCUT2D eigenvalue weighted by Crippen LogP contribution is -2.34. The van der Waals surface area contributed by atoms with E-state index in [-0.39, 0.29) is 17.6 Å². The largest absolute Gasteiger partial charge is 0.508 e. The minimum atomic E-state index is 0.0630. The van der Waals surface area contributed by atoms with Gasteiger partial charge < -0.3 is 15.7 Å². The number of phenolic OH excluding ortho intramolecular Hbond substituents is 1. The van der Waals surface area contributed by atoms with Crippen LogP contribution in [0.15, 0.2) is 36.5 Å². The van der Waals surface area contributed by atoms with Crippen molar-refractivity contribution in [2.45, 2.75) is 51.0 Å². The van der Waals surface area contributed by atoms with Crippen LogP contribution in [0.2, 0.25) is 0 Å². The van der Waals surface area contributed by atoms with E-state index in [0.717, 1.165) is 43.4 Å². The zero-order valence-electron chi connectivity index (χ0n) is 15.6. The van der Waals surface area contributed by atoms with E-state index in [1.54, 1.807) is 12.3 Å². The smallest absolute Gasteiger partial charge is 0.227 e. The second-order valence-corrected chi connectivity index (χ2v) is 7.74. The summed E-state index contributed by atoms with van der Waals surface area (Å²) in [5.74, 6) is 0.443. The van der Waals surface area contributed by atoms with Crippen LogP contribution in [-0.4, -0.2) is 28.6 Å². The van der Waals surface area contributed by atoms with Crippen molar-refractivity contribution < 1.29 is 9.90 Å². The number of nitrogens with one attached hydrogen (secondary N) is 2. The number of carbonyl (C=O) groups is 1. The standard InChI is InChI=1S/C22H27N3O2/c26-19-13-15(6-9-18-4-1-2-10-23-18)12-17(14-19)21-20(5-3-11-24-21)25-22(27)16-7-8-16/h3,5,11-14,16,18,23,26H,1-2,4,6-10H2,(H,25,27)/t18-/m1/s1. The molecule has 0 unspecified atom stereocenters. The molecule has 0 spiro atoms. The Bertz CT molecular complexity index is 811. The van der Waals surface area contributed by atoms with E-state index in [2.05, 4.69) is 21.7 Å². The molecule has 2 aliphatic rings. The van der Waals surface area contributed by atoms with Crippen molar-refractivity contribution in [2.24, 2.45) is 5.92 Å². The van der Waals surface area contributed by atoms with Gasteiger partial charge in [-0.1, -0.05) is 6.42 Å². The summed E-state index contributed by atoms with van der Waals surface area (Å²) in [5, 5.41) is 16.8. The van der Waals surface area contributed by atoms with E-state index in [9.17, 15) is 9.90 Å². The summed E-state index contributed by atoms with van der Waals surface area (Å²) in [7, 11) is 0. The molecule has 1 aromatic carbocycles. The first-order valence-corrected chi connectivity index (χ1v) is 10.0. The van der Waals surface area contributed by atoms with Crippen LogP contribution in [0, 0.1) is 5.92 Å². The number of nitrogens with zero attached hydrogens (tertiary/aromatic N) is 1. The van der Waals surface area contributed by atoms with Gasteiger partial charge in [-0.25, -0.2) is 0 Å². The predicted octanol–water partition coefficient (Wildman–Crippen LogP) is 3.88. The number of amides is 1. The van der Waals surface area contributed by atoms with Gasteiger partial charge in [-0.3, -0.25) is 9.78 Å². The number of hydrogen-bond donors (Lipinski definition) is 3. The van der Waals surface area contributed by atoms with Gasteiger partial charge >= 0.3 is 0 Å². The SMILES string of the molecule is O=C(Nc1cccnc1-c1cc(O)cc(CC[C@H]2CCCCN2)c1)C1CC1. The van der Waals surface area contributed by atoms with Crippen molar-refractivity contribution in [3.8, 4) is 17.0 Å². The first-order chi connectivity index (χ1) is 13.2. The third-order valence-corrected chi connectivity index (χ3v) is 5.46. The Morgan fingerprint density at radius 2 is 2.11 bits per heavy atom. The molecule has 1 aliphatic heterocycles. The maximum atomic E-state index is 12.2. The Balaban J connectivity index is 1.53. The average molecular weight is 365 g/mol. The lowest BCUT2D eigenvalue weighted by Gasteiger charge is -2.23. The summed E-state index contributed by atoms with van der Waals surface area (Å²) in [6.45, 7) is 1.11. The lowest BCUT2D eigenvalue weighted by atomic mass is 9.96. The summed E-state index contributed by atoms with van der Waals surface area (Å²) in [6, 6.07) is 9.89. The Labute approximate surface area is 160 Å². The topological polar surface area (TPSA) is 74.2 Å². The summed E-state index contributed by atoms with van der Waals surface area (Å²) >= 11 is 0. The molecule has 1 saturated carbocycles. The van der Waals surface area contributed by atoms with Crippen LogP contribution in [0.4, 0.5) is 5.69 Å². The quantitative estimate of drug-likeness (QED) is 0.726. The van der Waals surface area contributed by atoms with E-state index in [0.29, 0.717) is 17.4 Å². The molecule has 5 heteroatoms. The lowest BCUT2D eigenvalue weighted by molar-refractivity contribution is -0.117. The van der Waals surface area contributed by atoms with Crippen molar-refractivity contribution in [2.75, 3.05) is 11.9 Å². The van der Waals surface area contributed by atoms with Crippen LogP contribution in [0.5, 0.6) is 5.75 Å². The van der Waals surface area contributed by atoms with Crippen LogP contribution in [0.25, 0.3) is 11.3 Å². The van der Waals surface area contributed by atoms with Crippen LogP contribution >= 0.6 is 0 Å². The highest BCUT2D eigenvalue weighted by Crippen LogP contribution is 2.33. The van der Waals surface area contributed by atoms with Crippen molar-refractivity contribution in [3.05, 3.63) is 42.1 Å². The van der Waals surface area contributed by atoms with Gasteiger partial charge in [0.1, 0.15) is 5.75 Å². The fraction of sp³-hybridized carbons (Fsp3) is 0.455. The molecule has 1 aromatic heterocycles. The number of hydrogen-bond acceptors (Lipinski definition) is 4. The van der Waals surface area contributed by atoms with Crippen LogP contribution < -0.4 is 10.6 Å². The molecular weight excluding hydrogens is 338 g/mol. The molecule has 1 atom stereocenters. The molecule has 2 fully saturated rings. The van der Waals surface area contributed by atoms with Gasteiger partial charge in [0.15, 0.2) is 0 Å². The van der Waals surface area contributed by atoms with Crippen molar-refractivity contribution >= 4 is 11.6 Å². The van der Waals surface area contributed by atoms with Gasteiger partial charge in [0.2, 0.25) is 5.91 Å². The number of anilines is 1. The molecule has 0 bridgehead atoms. The van der Waals surface area contributed by atoms with E-state index in [1.165, 1.54) is 19.3 Å². The maximum Gasteiger partial charge on any atom is 0.227 e. The molecule has 3 N–H and O–H groups in total. The van der Waals surface area contributed by atoms with E-state index in [4.69, 9.17) is 0 Å². The summed E-state index contributed by atoms with van der Waals surface area (Å²) < 4.78 is 0. The number of aryl methyl sites for hydroxylation is 1. The van der Waals surface area contributed by atoms with Gasteiger partial charge in [0.05, 0.1) is 11.4 Å². The van der Waals surface area contributed by atoms with Crippen molar-refractivity contribution in [1.29, 1.82) is 0 Å². The number of piperidine rings is 1. The molecule has 1 saturated heterocycles. The van der Waals surface area contributed by atoms with E-state index in [1.807, 2.05) is 18.2 Å². The Morgan fingerprint density at radius 3 is 2.89 bits per heavy atom. The molecule has 2 aromatic rings. The van der Waals surface area contributed by atoms with Gasteiger partial charge in [0.25, 0.3) is 0 Å². The van der Waals surface area contributed by atoms with Gasteiger partial charge in [-0.15, -0.1) is 0 Å². The molecule has 27 heavy (non-hydrogen) atoms. The van der Waals surface area contributed by atoms with Crippen LogP contribution in [0.3, 0.4) is 0 Å². The molecule has 1 amide bonds. The maximum absolute atomic E-state index is 12.2. The van der Waals surface area contributed by atoms with Gasteiger partial charge in [-0.2, -0.15) is 0 Å². The molecule has 142 valence electrons. The Hall–Kier alpha value is -2.40. The van der Waals surface area contributed by atoms with E-state index < -0.39 is 0 Å². The Morgan fingerprint density at radius 1 is 1.22 bits per heavy atom. The zero-order valence-corrected chi connectivity index (χ0v) is 15.6. The minimum absolute atomic E-state index is 0.0630. The molecule has 0 radical (unpaired) electrons. The predicted molar refractivity (Wildman–Crippen MR) is 107 cm³/mol. The number of aromatic hydroxyl groups is 1. The minimum Gasteiger partial charge on any atom is -0.508 e. The summed E-state index contributed by atoms with van der Waals surface area (Å²) in [5.41, 5.74) is 3.36. The van der Waals surface area contributed by atoms with Crippen molar-refractivity contribution in [3.63, 3.8) is 0 Å². The highest BCUT2D eigenvalue weighted by molar-refractivity contribution is 5.97. The first kappa shape index (κ1) is 18.0. The number of aromatic nitrogens is 1. The monoisotopic (exact) mass is 365 g/mol. The van der Waals surface area contributed by atoms with Crippen LogP contribution in [-0.2, 0) is 11.2 Å². The third kappa shape index (κ3) is 4.66. The number of pyridine rings is 1. The Kier molecular flexibility index (Phi) is 5.39. The van der Waals surface area contributed by atoms with Crippen LogP contribution in [0.1, 0.15) is 44.1 Å². The number of rotatable bonds is 6. The third-order valence-electron chi connectivity index (χ3n) is 5.46. The summed E-state index contributed by atoms with van der Waals surface area (Å²) in [6.07, 6.45) is 9.41. The highest BCUT2D eigenvalue weighted by Gasteiger charge is 2.30. The molecular formula is C22H27N3O2. The highest BCUT2D eigenvalue weighted by atomic mass is 16.3. The summed E-state index contributed by atoms with van der Waals surface area (Å²) in [4.78, 5) is 16.7. The fourth-order valence-corrected chi connectivity index (χ4v) is 3.78. The van der Waals surface area contributed by atoms with Crippen molar-refractivity contribution in [1.82, 2.24) is 10.3 Å². The second kappa shape index (κ2) is 8.09. The molecule has 2 heterocycles. The van der Waals surface area contributed by atoms with E-state index >= 15 is 0 Å². The van der Waals surface area contributed by atoms with Gasteiger partial charge in [0, 0.05) is 23.7 Å². The number of benzene rings is 1. The number of phenols is 1. The fourth-order valence-electron chi connectivity index (χ4n) is 3.78. The molecule has 4 rings (SSSR count). The zero-order chi connectivity index (χ0) is 18.6. The van der Waals surface area contributed by atoms with Gasteiger partial charge in [-0.05, 0) is 81.0 Å². The molecule has 5 nitrogen and oxygen atoms in total. The second-order valence-electron chi connectivity index (χ2n) is 7.74. The average Bonchev–Trinajstić information content (AvgIpc) is 3.53.